The van der Waals surface area contributed by atoms with Crippen molar-refractivity contribution in [3.8, 4) is 0 Å². The fourth-order valence-corrected chi connectivity index (χ4v) is 4.45. The fourth-order valence-electron chi connectivity index (χ4n) is 3.89. The molecule has 0 saturated heterocycles. The number of hydrogen-bond acceptors (Lipinski definition) is 0. The van der Waals surface area contributed by atoms with E-state index in [4.69, 9.17) is 11.6 Å². The van der Waals surface area contributed by atoms with Gasteiger partial charge in [0, 0.05) is 0 Å². The molecule has 0 spiro atoms. The van der Waals surface area contributed by atoms with Crippen LogP contribution < -0.4 is 0 Å². The lowest BCUT2D eigenvalue weighted by molar-refractivity contribution is 0.223. The van der Waals surface area contributed by atoms with Gasteiger partial charge in [-0.3, -0.25) is 0 Å². The monoisotopic (exact) mass is 278 g/mol. The van der Waals surface area contributed by atoms with Crippen LogP contribution in [0.2, 0.25) is 0 Å². The van der Waals surface area contributed by atoms with Crippen molar-refractivity contribution in [3.63, 3.8) is 0 Å². The maximum atomic E-state index is 6.97. The molecule has 1 atom stereocenters. The summed E-state index contributed by atoms with van der Waals surface area (Å²) in [5.74, 6) is 0.727. The summed E-state index contributed by atoms with van der Waals surface area (Å²) < 4.78 is 0. The largest absolute Gasteiger partial charge is 0.117 e. The minimum Gasteiger partial charge on any atom is -0.117 e. The lowest BCUT2D eigenvalue weighted by atomic mass is 9.73. The molecule has 1 aromatic rings. The van der Waals surface area contributed by atoms with Crippen molar-refractivity contribution in [2.75, 3.05) is 0 Å². The molecule has 1 aromatic carbocycles. The van der Waals surface area contributed by atoms with Gasteiger partial charge in [-0.15, -0.1) is 11.6 Å². The molecule has 0 radical (unpaired) electrons. The van der Waals surface area contributed by atoms with Crippen molar-refractivity contribution < 1.29 is 0 Å². The zero-order valence-corrected chi connectivity index (χ0v) is 13.6. The van der Waals surface area contributed by atoms with Gasteiger partial charge >= 0.3 is 0 Å². The van der Waals surface area contributed by atoms with Gasteiger partial charge in [-0.2, -0.15) is 0 Å². The molecule has 0 N–H and O–H groups in total. The zero-order chi connectivity index (χ0) is 14.0. The maximum Gasteiger partial charge on any atom is 0.0644 e. The van der Waals surface area contributed by atoms with Crippen LogP contribution in [0.25, 0.3) is 0 Å². The summed E-state index contributed by atoms with van der Waals surface area (Å²) in [5.41, 5.74) is 4.37. The summed E-state index contributed by atoms with van der Waals surface area (Å²) >= 11 is 6.97. The van der Waals surface area contributed by atoms with Crippen LogP contribution in [-0.4, -0.2) is 0 Å². The first-order valence-electron chi connectivity index (χ1n) is 7.66. The normalized spacial score (nSPS) is 19.9. The minimum absolute atomic E-state index is 0.179. The van der Waals surface area contributed by atoms with Gasteiger partial charge in [-0.1, -0.05) is 50.5 Å². The highest BCUT2D eigenvalue weighted by molar-refractivity contribution is 6.21. The van der Waals surface area contributed by atoms with E-state index >= 15 is 0 Å². The van der Waals surface area contributed by atoms with E-state index in [0.717, 1.165) is 5.92 Å². The van der Waals surface area contributed by atoms with E-state index in [1.807, 2.05) is 0 Å². The highest BCUT2D eigenvalue weighted by Crippen LogP contribution is 2.55. The van der Waals surface area contributed by atoms with E-state index in [0.29, 0.717) is 5.41 Å². The smallest absolute Gasteiger partial charge is 0.0644 e. The summed E-state index contributed by atoms with van der Waals surface area (Å²) in [6.45, 7) is 9.01. The number of halogens is 1. The molecule has 0 bridgehead atoms. The van der Waals surface area contributed by atoms with Crippen LogP contribution in [0, 0.1) is 25.2 Å². The Morgan fingerprint density at radius 1 is 1.16 bits per heavy atom. The zero-order valence-electron chi connectivity index (χ0n) is 12.8. The molecule has 1 aliphatic rings. The number of alkyl halides is 1. The molecule has 1 unspecified atom stereocenters. The average molecular weight is 279 g/mol. The van der Waals surface area contributed by atoms with Crippen LogP contribution in [0.15, 0.2) is 18.2 Å². The number of aryl methyl sites for hydroxylation is 2. The van der Waals surface area contributed by atoms with E-state index in [2.05, 4.69) is 45.9 Å². The predicted molar refractivity (Wildman–Crippen MR) is 84.9 cm³/mol. The Morgan fingerprint density at radius 2 is 1.79 bits per heavy atom. The van der Waals surface area contributed by atoms with Gasteiger partial charge in [-0.25, -0.2) is 0 Å². The molecule has 0 aliphatic heterocycles. The summed E-state index contributed by atoms with van der Waals surface area (Å²) in [6, 6.07) is 6.72. The van der Waals surface area contributed by atoms with Gasteiger partial charge in [0.1, 0.15) is 0 Å². The van der Waals surface area contributed by atoms with E-state index in [1.54, 1.807) is 0 Å². The van der Waals surface area contributed by atoms with Crippen LogP contribution in [0.3, 0.4) is 0 Å². The van der Waals surface area contributed by atoms with Gasteiger partial charge in [0.25, 0.3) is 0 Å². The van der Waals surface area contributed by atoms with Gasteiger partial charge < -0.3 is 0 Å². The molecule has 1 fully saturated rings. The first-order valence-corrected chi connectivity index (χ1v) is 8.09. The van der Waals surface area contributed by atoms with Crippen molar-refractivity contribution in [1.82, 2.24) is 0 Å². The van der Waals surface area contributed by atoms with Crippen LogP contribution in [0.5, 0.6) is 0 Å². The molecule has 1 heteroatoms. The van der Waals surface area contributed by atoms with Gasteiger partial charge in [0.2, 0.25) is 0 Å². The molecule has 106 valence electrons. The van der Waals surface area contributed by atoms with E-state index in [-0.39, 0.29) is 5.38 Å². The van der Waals surface area contributed by atoms with Crippen molar-refractivity contribution in [3.05, 3.63) is 34.9 Å². The second kappa shape index (κ2) is 5.87. The van der Waals surface area contributed by atoms with E-state index in [1.165, 1.54) is 48.8 Å². The number of hydrogen-bond donors (Lipinski definition) is 0. The highest BCUT2D eigenvalue weighted by Gasteiger charge is 2.41. The van der Waals surface area contributed by atoms with E-state index < -0.39 is 0 Å². The lowest BCUT2D eigenvalue weighted by Crippen LogP contribution is -2.25. The molecular formula is C18H27Cl. The Morgan fingerprint density at radius 3 is 2.32 bits per heavy atom. The Bertz CT molecular complexity index is 427. The standard InChI is InChI=1S/C18H27Cl/c1-13(2)12-18(9-5-6-10-18)17(19)16-8-7-14(3)11-15(16)4/h7-8,11,13,17H,5-6,9-10,12H2,1-4H3. The topological polar surface area (TPSA) is 0 Å². The second-order valence-corrected chi connectivity index (χ2v) is 7.33. The van der Waals surface area contributed by atoms with Crippen LogP contribution in [0.4, 0.5) is 0 Å². The third-order valence-corrected chi connectivity index (χ3v) is 5.35. The van der Waals surface area contributed by atoms with Crippen LogP contribution in [0.1, 0.15) is 68.0 Å². The van der Waals surface area contributed by atoms with Gasteiger partial charge in [0.05, 0.1) is 5.38 Å². The summed E-state index contributed by atoms with van der Waals surface area (Å²) in [5, 5.41) is 0.179. The fraction of sp³-hybridized carbons (Fsp3) is 0.667. The van der Waals surface area contributed by atoms with Crippen LogP contribution >= 0.6 is 11.6 Å². The predicted octanol–water partition coefficient (Wildman–Crippen LogP) is 6.19. The van der Waals surface area contributed by atoms with Gasteiger partial charge in [-0.05, 0) is 55.6 Å². The maximum absolute atomic E-state index is 6.97. The molecule has 19 heavy (non-hydrogen) atoms. The SMILES string of the molecule is Cc1ccc(C(Cl)C2(CC(C)C)CCCC2)c(C)c1. The lowest BCUT2D eigenvalue weighted by Gasteiger charge is -2.36. The Kier molecular flexibility index (Phi) is 4.61. The number of benzene rings is 1. The molecule has 0 aromatic heterocycles. The Hall–Kier alpha value is -0.490. The number of rotatable bonds is 4. The molecule has 0 nitrogen and oxygen atoms in total. The van der Waals surface area contributed by atoms with Crippen LogP contribution in [-0.2, 0) is 0 Å². The molecule has 0 heterocycles. The highest BCUT2D eigenvalue weighted by atomic mass is 35.5. The van der Waals surface area contributed by atoms with Crippen molar-refractivity contribution >= 4 is 11.6 Å². The Balaban J connectivity index is 2.31. The molecular weight excluding hydrogens is 252 g/mol. The third kappa shape index (κ3) is 3.16. The first kappa shape index (κ1) is 14.9. The van der Waals surface area contributed by atoms with E-state index in [9.17, 15) is 0 Å². The second-order valence-electron chi connectivity index (χ2n) is 6.89. The molecule has 2 rings (SSSR count). The quantitative estimate of drug-likeness (QED) is 0.576. The van der Waals surface area contributed by atoms with Crippen molar-refractivity contribution in [2.24, 2.45) is 11.3 Å². The minimum atomic E-state index is 0.179. The summed E-state index contributed by atoms with van der Waals surface area (Å²) in [7, 11) is 0. The summed E-state index contributed by atoms with van der Waals surface area (Å²) in [6.07, 6.45) is 6.55. The average Bonchev–Trinajstić information content (AvgIpc) is 2.77. The van der Waals surface area contributed by atoms with Crippen molar-refractivity contribution in [2.45, 2.75) is 65.2 Å². The molecule has 0 amide bonds. The third-order valence-electron chi connectivity index (χ3n) is 4.65. The first-order chi connectivity index (χ1) is 8.94. The van der Waals surface area contributed by atoms with Crippen molar-refractivity contribution in [1.29, 1.82) is 0 Å². The Labute approximate surface area is 123 Å². The van der Waals surface area contributed by atoms with Gasteiger partial charge in [0.15, 0.2) is 0 Å². The summed E-state index contributed by atoms with van der Waals surface area (Å²) in [4.78, 5) is 0. The molecule has 1 saturated carbocycles. The molecule has 1 aliphatic carbocycles.